The van der Waals surface area contributed by atoms with Gasteiger partial charge in [-0.15, -0.1) is 0 Å². The summed E-state index contributed by atoms with van der Waals surface area (Å²) in [5.74, 6) is -4.27. The van der Waals surface area contributed by atoms with E-state index in [1.165, 1.54) is 13.0 Å². The Morgan fingerprint density at radius 2 is 1.87 bits per heavy atom. The molecule has 1 unspecified atom stereocenters. The molecule has 2 N–H and O–H groups in total. The van der Waals surface area contributed by atoms with Gasteiger partial charge in [0, 0.05) is 25.3 Å². The van der Waals surface area contributed by atoms with E-state index >= 15 is 0 Å². The van der Waals surface area contributed by atoms with Crippen LogP contribution in [0, 0.1) is 17.0 Å². The van der Waals surface area contributed by atoms with Crippen LogP contribution >= 0.6 is 0 Å². The molecule has 23 heavy (non-hydrogen) atoms. The van der Waals surface area contributed by atoms with Crippen molar-refractivity contribution < 1.29 is 28.2 Å². The number of rotatable bonds is 5. The zero-order valence-corrected chi connectivity index (χ0v) is 12.8. The van der Waals surface area contributed by atoms with E-state index in [0.29, 0.717) is 13.2 Å². The Hall–Kier alpha value is -2.02. The Morgan fingerprint density at radius 1 is 1.30 bits per heavy atom. The summed E-state index contributed by atoms with van der Waals surface area (Å²) < 4.78 is 32.6. The van der Waals surface area contributed by atoms with Gasteiger partial charge in [-0.3, -0.25) is 9.59 Å². The van der Waals surface area contributed by atoms with E-state index in [-0.39, 0.29) is 24.9 Å². The normalized spacial score (nSPS) is 18.2. The molecule has 1 atom stereocenters. The third-order valence-electron chi connectivity index (χ3n) is 4.33. The molecular formula is C16H19F2NO4. The third-order valence-corrected chi connectivity index (χ3v) is 4.33. The minimum atomic E-state index is -1.10. The van der Waals surface area contributed by atoms with E-state index in [0.717, 1.165) is 12.1 Å². The minimum Gasteiger partial charge on any atom is -0.481 e. The fraction of sp³-hybridized carbons (Fsp3) is 0.500. The molecule has 0 aliphatic carbocycles. The summed E-state index contributed by atoms with van der Waals surface area (Å²) in [4.78, 5) is 23.7. The molecular weight excluding hydrogens is 308 g/mol. The summed E-state index contributed by atoms with van der Waals surface area (Å²) >= 11 is 0. The Labute approximate surface area is 132 Å². The minimum absolute atomic E-state index is 0.0923. The standard InChI is InChI=1S/C16H19F2NO4/c1-10(13-11(17)3-2-4-12(13)18)14(20)19-9-16(15(21)22)5-7-23-8-6-16/h2-4,10H,5-9H2,1H3,(H,19,20)(H,21,22). The van der Waals surface area contributed by atoms with Crippen molar-refractivity contribution in [2.45, 2.75) is 25.7 Å². The number of ether oxygens (including phenoxy) is 1. The lowest BCUT2D eigenvalue weighted by Gasteiger charge is -2.33. The summed E-state index contributed by atoms with van der Waals surface area (Å²) in [5.41, 5.74) is -1.41. The van der Waals surface area contributed by atoms with Gasteiger partial charge in [-0.1, -0.05) is 6.07 Å². The van der Waals surface area contributed by atoms with Gasteiger partial charge in [-0.05, 0) is 31.9 Å². The number of carbonyl (C=O) groups is 2. The SMILES string of the molecule is CC(C(=O)NCC1(C(=O)O)CCOCC1)c1c(F)cccc1F. The molecule has 1 heterocycles. The van der Waals surface area contributed by atoms with Crippen LogP contribution in [0.5, 0.6) is 0 Å². The van der Waals surface area contributed by atoms with Gasteiger partial charge in [0.05, 0.1) is 11.3 Å². The van der Waals surface area contributed by atoms with Crippen molar-refractivity contribution in [3.05, 3.63) is 35.4 Å². The first kappa shape index (κ1) is 17.3. The molecule has 7 heteroatoms. The molecule has 1 aliphatic rings. The van der Waals surface area contributed by atoms with Crippen molar-refractivity contribution in [2.24, 2.45) is 5.41 Å². The van der Waals surface area contributed by atoms with Crippen LogP contribution in [0.2, 0.25) is 0 Å². The average molecular weight is 327 g/mol. The van der Waals surface area contributed by atoms with Crippen molar-refractivity contribution in [1.82, 2.24) is 5.32 Å². The van der Waals surface area contributed by atoms with Crippen LogP contribution in [0.1, 0.15) is 31.2 Å². The van der Waals surface area contributed by atoms with Crippen LogP contribution in [0.15, 0.2) is 18.2 Å². The van der Waals surface area contributed by atoms with Crippen LogP contribution < -0.4 is 5.32 Å². The number of hydrogen-bond acceptors (Lipinski definition) is 3. The monoisotopic (exact) mass is 327 g/mol. The predicted octanol–water partition coefficient (Wildman–Crippen LogP) is 2.07. The molecule has 1 fully saturated rings. The molecule has 0 spiro atoms. The lowest BCUT2D eigenvalue weighted by molar-refractivity contribution is -0.154. The molecule has 5 nitrogen and oxygen atoms in total. The highest BCUT2D eigenvalue weighted by molar-refractivity contribution is 5.84. The molecule has 0 radical (unpaired) electrons. The molecule has 126 valence electrons. The number of nitrogens with one attached hydrogen (secondary N) is 1. The maximum Gasteiger partial charge on any atom is 0.311 e. The summed E-state index contributed by atoms with van der Waals surface area (Å²) in [6, 6.07) is 3.39. The van der Waals surface area contributed by atoms with Gasteiger partial charge < -0.3 is 15.2 Å². The fourth-order valence-electron chi connectivity index (χ4n) is 2.69. The lowest BCUT2D eigenvalue weighted by atomic mass is 9.80. The van der Waals surface area contributed by atoms with Crippen LogP contribution in [0.3, 0.4) is 0 Å². The van der Waals surface area contributed by atoms with Gasteiger partial charge >= 0.3 is 5.97 Å². The highest BCUT2D eigenvalue weighted by Crippen LogP contribution is 2.30. The second-order valence-corrected chi connectivity index (χ2v) is 5.77. The van der Waals surface area contributed by atoms with Crippen molar-refractivity contribution >= 4 is 11.9 Å². The maximum absolute atomic E-state index is 13.7. The number of benzene rings is 1. The topological polar surface area (TPSA) is 75.6 Å². The van der Waals surface area contributed by atoms with E-state index < -0.39 is 34.8 Å². The fourth-order valence-corrected chi connectivity index (χ4v) is 2.69. The second kappa shape index (κ2) is 7.04. The Kier molecular flexibility index (Phi) is 5.30. The highest BCUT2D eigenvalue weighted by Gasteiger charge is 2.40. The number of aliphatic carboxylic acids is 1. The van der Waals surface area contributed by atoms with Crippen molar-refractivity contribution in [2.75, 3.05) is 19.8 Å². The molecule has 1 amide bonds. The van der Waals surface area contributed by atoms with Crippen LogP contribution in [-0.2, 0) is 14.3 Å². The van der Waals surface area contributed by atoms with Crippen LogP contribution in [0.25, 0.3) is 0 Å². The first-order chi connectivity index (χ1) is 10.9. The van der Waals surface area contributed by atoms with Gasteiger partial charge in [0.1, 0.15) is 11.6 Å². The Morgan fingerprint density at radius 3 is 2.39 bits per heavy atom. The number of hydrogen-bond donors (Lipinski definition) is 2. The van der Waals surface area contributed by atoms with Crippen LogP contribution in [0.4, 0.5) is 8.78 Å². The molecule has 2 rings (SSSR count). The number of carbonyl (C=O) groups excluding carboxylic acids is 1. The second-order valence-electron chi connectivity index (χ2n) is 5.77. The quantitative estimate of drug-likeness (QED) is 0.868. The van der Waals surface area contributed by atoms with E-state index in [1.807, 2.05) is 0 Å². The molecule has 1 aromatic carbocycles. The largest absolute Gasteiger partial charge is 0.481 e. The summed E-state index contributed by atoms with van der Waals surface area (Å²) in [7, 11) is 0. The molecule has 1 aliphatic heterocycles. The average Bonchev–Trinajstić information content (AvgIpc) is 2.53. The summed E-state index contributed by atoms with van der Waals surface area (Å²) in [6.07, 6.45) is 0.566. The predicted molar refractivity (Wildman–Crippen MR) is 77.9 cm³/mol. The van der Waals surface area contributed by atoms with E-state index in [2.05, 4.69) is 5.32 Å². The Bertz CT molecular complexity index is 579. The van der Waals surface area contributed by atoms with Gasteiger partial charge in [0.25, 0.3) is 0 Å². The summed E-state index contributed by atoms with van der Waals surface area (Å²) in [5, 5.41) is 11.9. The van der Waals surface area contributed by atoms with E-state index in [4.69, 9.17) is 4.74 Å². The molecule has 1 saturated heterocycles. The molecule has 0 saturated carbocycles. The van der Waals surface area contributed by atoms with Crippen molar-refractivity contribution in [1.29, 1.82) is 0 Å². The first-order valence-corrected chi connectivity index (χ1v) is 7.40. The lowest BCUT2D eigenvalue weighted by Crippen LogP contribution is -2.47. The van der Waals surface area contributed by atoms with E-state index in [1.54, 1.807) is 0 Å². The number of amides is 1. The number of carboxylic acids is 1. The first-order valence-electron chi connectivity index (χ1n) is 7.40. The zero-order valence-electron chi connectivity index (χ0n) is 12.8. The maximum atomic E-state index is 13.7. The highest BCUT2D eigenvalue weighted by atomic mass is 19.1. The van der Waals surface area contributed by atoms with Gasteiger partial charge in [0.2, 0.25) is 5.91 Å². The molecule has 0 bridgehead atoms. The summed E-state index contributed by atoms with van der Waals surface area (Å²) in [6.45, 7) is 1.90. The van der Waals surface area contributed by atoms with Gasteiger partial charge in [-0.25, -0.2) is 8.78 Å². The molecule has 1 aromatic rings. The van der Waals surface area contributed by atoms with Crippen molar-refractivity contribution in [3.63, 3.8) is 0 Å². The van der Waals surface area contributed by atoms with Crippen molar-refractivity contribution in [3.8, 4) is 0 Å². The molecule has 0 aromatic heterocycles. The van der Waals surface area contributed by atoms with Gasteiger partial charge in [-0.2, -0.15) is 0 Å². The van der Waals surface area contributed by atoms with E-state index in [9.17, 15) is 23.5 Å². The number of halogens is 2. The third kappa shape index (κ3) is 3.67. The van der Waals surface area contributed by atoms with Gasteiger partial charge in [0.15, 0.2) is 0 Å². The smallest absolute Gasteiger partial charge is 0.311 e. The number of carboxylic acid groups (broad SMARTS) is 1. The zero-order chi connectivity index (χ0) is 17.0. The Balaban J connectivity index is 2.08. The van der Waals surface area contributed by atoms with Crippen LogP contribution in [-0.4, -0.2) is 36.7 Å².